The SMILES string of the molecule is CCOc1cccc(C=NN(c2ccccc2)c2ccccc2)c1O. The summed E-state index contributed by atoms with van der Waals surface area (Å²) in [4.78, 5) is 0. The van der Waals surface area contributed by atoms with Crippen LogP contribution in [0.1, 0.15) is 12.5 Å². The van der Waals surface area contributed by atoms with E-state index in [0.717, 1.165) is 11.4 Å². The van der Waals surface area contributed by atoms with Gasteiger partial charge in [0.25, 0.3) is 0 Å². The minimum absolute atomic E-state index is 0.0918. The highest BCUT2D eigenvalue weighted by Gasteiger charge is 2.09. The summed E-state index contributed by atoms with van der Waals surface area (Å²) in [6, 6.07) is 25.1. The van der Waals surface area contributed by atoms with Gasteiger partial charge in [0, 0.05) is 5.56 Å². The molecule has 0 saturated heterocycles. The molecule has 0 aliphatic heterocycles. The molecule has 0 saturated carbocycles. The van der Waals surface area contributed by atoms with Crippen LogP contribution < -0.4 is 9.75 Å². The number of hydrazone groups is 1. The zero-order chi connectivity index (χ0) is 17.5. The van der Waals surface area contributed by atoms with Crippen molar-refractivity contribution in [2.45, 2.75) is 6.92 Å². The number of aromatic hydroxyl groups is 1. The number of rotatable bonds is 6. The van der Waals surface area contributed by atoms with Crippen LogP contribution in [-0.2, 0) is 0 Å². The molecule has 3 aromatic carbocycles. The van der Waals surface area contributed by atoms with Crippen LogP contribution in [0.15, 0.2) is 84.0 Å². The highest BCUT2D eigenvalue weighted by Crippen LogP contribution is 2.30. The van der Waals surface area contributed by atoms with Crippen LogP contribution in [0.3, 0.4) is 0 Å². The van der Waals surface area contributed by atoms with Crippen molar-refractivity contribution >= 4 is 17.6 Å². The van der Waals surface area contributed by atoms with Gasteiger partial charge in [-0.3, -0.25) is 0 Å². The number of para-hydroxylation sites is 3. The number of benzene rings is 3. The molecule has 0 spiro atoms. The smallest absolute Gasteiger partial charge is 0.166 e. The summed E-state index contributed by atoms with van der Waals surface area (Å²) in [6.45, 7) is 2.38. The van der Waals surface area contributed by atoms with E-state index < -0.39 is 0 Å². The summed E-state index contributed by atoms with van der Waals surface area (Å²) in [7, 11) is 0. The molecule has 0 bridgehead atoms. The van der Waals surface area contributed by atoms with Crippen molar-refractivity contribution < 1.29 is 9.84 Å². The number of hydrogen-bond acceptors (Lipinski definition) is 4. The second kappa shape index (κ2) is 8.02. The average molecular weight is 332 g/mol. The van der Waals surface area contributed by atoms with Gasteiger partial charge in [-0.2, -0.15) is 5.10 Å². The van der Waals surface area contributed by atoms with E-state index in [0.29, 0.717) is 17.9 Å². The van der Waals surface area contributed by atoms with Gasteiger partial charge in [-0.25, -0.2) is 5.01 Å². The summed E-state index contributed by atoms with van der Waals surface area (Å²) in [5, 5.41) is 16.8. The first-order valence-electron chi connectivity index (χ1n) is 8.18. The van der Waals surface area contributed by atoms with E-state index in [1.165, 1.54) is 0 Å². The van der Waals surface area contributed by atoms with Gasteiger partial charge in [-0.05, 0) is 43.3 Å². The Morgan fingerprint density at radius 3 is 2.04 bits per heavy atom. The van der Waals surface area contributed by atoms with Gasteiger partial charge in [0.2, 0.25) is 0 Å². The fraction of sp³-hybridized carbons (Fsp3) is 0.0952. The van der Waals surface area contributed by atoms with Crippen LogP contribution in [0.25, 0.3) is 0 Å². The van der Waals surface area contributed by atoms with Gasteiger partial charge >= 0.3 is 0 Å². The first-order valence-corrected chi connectivity index (χ1v) is 8.18. The Labute approximate surface area is 147 Å². The van der Waals surface area contributed by atoms with Crippen LogP contribution in [0.2, 0.25) is 0 Å². The second-order valence-electron chi connectivity index (χ2n) is 5.35. The number of phenols is 1. The van der Waals surface area contributed by atoms with Crippen molar-refractivity contribution in [2.24, 2.45) is 5.10 Å². The molecule has 0 aliphatic rings. The van der Waals surface area contributed by atoms with Crippen molar-refractivity contribution in [1.82, 2.24) is 0 Å². The predicted molar refractivity (Wildman–Crippen MR) is 102 cm³/mol. The van der Waals surface area contributed by atoms with Gasteiger partial charge in [0.15, 0.2) is 11.5 Å². The Balaban J connectivity index is 1.96. The van der Waals surface area contributed by atoms with Gasteiger partial charge in [-0.15, -0.1) is 0 Å². The predicted octanol–water partition coefficient (Wildman–Crippen LogP) is 4.96. The van der Waals surface area contributed by atoms with E-state index in [1.54, 1.807) is 18.3 Å². The zero-order valence-electron chi connectivity index (χ0n) is 14.0. The molecule has 126 valence electrons. The Bertz CT molecular complexity index is 794. The Hall–Kier alpha value is -3.27. The fourth-order valence-corrected chi connectivity index (χ4v) is 2.46. The number of anilines is 2. The average Bonchev–Trinajstić information content (AvgIpc) is 2.67. The third kappa shape index (κ3) is 3.98. The molecular formula is C21H20N2O2. The third-order valence-corrected chi connectivity index (χ3v) is 3.64. The number of nitrogens with zero attached hydrogens (tertiary/aromatic N) is 2. The van der Waals surface area contributed by atoms with E-state index >= 15 is 0 Å². The summed E-state index contributed by atoms with van der Waals surface area (Å²) in [5.74, 6) is 0.548. The van der Waals surface area contributed by atoms with Gasteiger partial charge < -0.3 is 9.84 Å². The lowest BCUT2D eigenvalue weighted by molar-refractivity contribution is 0.318. The molecule has 3 rings (SSSR count). The van der Waals surface area contributed by atoms with Crippen LogP contribution in [0, 0.1) is 0 Å². The summed E-state index contributed by atoms with van der Waals surface area (Å²) in [5.41, 5.74) is 2.47. The van der Waals surface area contributed by atoms with Crippen LogP contribution in [0.4, 0.5) is 11.4 Å². The first kappa shape index (κ1) is 16.6. The highest BCUT2D eigenvalue weighted by molar-refractivity contribution is 5.86. The molecule has 4 nitrogen and oxygen atoms in total. The lowest BCUT2D eigenvalue weighted by Crippen LogP contribution is -2.09. The minimum atomic E-state index is 0.0918. The van der Waals surface area contributed by atoms with Crippen molar-refractivity contribution in [2.75, 3.05) is 11.6 Å². The molecule has 4 heteroatoms. The van der Waals surface area contributed by atoms with Gasteiger partial charge in [0.1, 0.15) is 0 Å². The Morgan fingerprint density at radius 2 is 1.48 bits per heavy atom. The van der Waals surface area contributed by atoms with E-state index in [-0.39, 0.29) is 5.75 Å². The first-order chi connectivity index (χ1) is 12.3. The molecule has 25 heavy (non-hydrogen) atoms. The fourth-order valence-electron chi connectivity index (χ4n) is 2.46. The molecule has 1 N–H and O–H groups in total. The van der Waals surface area contributed by atoms with Gasteiger partial charge in [-0.1, -0.05) is 42.5 Å². The summed E-state index contributed by atoms with van der Waals surface area (Å²) >= 11 is 0. The third-order valence-electron chi connectivity index (χ3n) is 3.64. The number of ether oxygens (including phenoxy) is 1. The summed E-state index contributed by atoms with van der Waals surface area (Å²) < 4.78 is 5.43. The van der Waals surface area contributed by atoms with E-state index in [2.05, 4.69) is 5.10 Å². The lowest BCUT2D eigenvalue weighted by Gasteiger charge is -2.19. The second-order valence-corrected chi connectivity index (χ2v) is 5.35. The number of phenolic OH excluding ortho intramolecular Hbond substituents is 1. The molecule has 0 radical (unpaired) electrons. The molecule has 0 aromatic heterocycles. The van der Waals surface area contributed by atoms with Crippen molar-refractivity contribution in [1.29, 1.82) is 0 Å². The molecule has 3 aromatic rings. The van der Waals surface area contributed by atoms with Crippen molar-refractivity contribution in [3.05, 3.63) is 84.4 Å². The maximum absolute atomic E-state index is 10.3. The van der Waals surface area contributed by atoms with Crippen LogP contribution in [-0.4, -0.2) is 17.9 Å². The minimum Gasteiger partial charge on any atom is -0.504 e. The largest absolute Gasteiger partial charge is 0.504 e. The van der Waals surface area contributed by atoms with Gasteiger partial charge in [0.05, 0.1) is 24.2 Å². The normalized spacial score (nSPS) is 10.8. The molecule has 0 aliphatic carbocycles. The molecule has 0 atom stereocenters. The maximum atomic E-state index is 10.3. The molecule has 0 fully saturated rings. The van der Waals surface area contributed by atoms with E-state index in [1.807, 2.05) is 78.7 Å². The molecule has 0 heterocycles. The highest BCUT2D eigenvalue weighted by atomic mass is 16.5. The maximum Gasteiger partial charge on any atom is 0.166 e. The monoisotopic (exact) mass is 332 g/mol. The topological polar surface area (TPSA) is 45.1 Å². The number of hydrogen-bond donors (Lipinski definition) is 1. The molecule has 0 amide bonds. The molecule has 0 unspecified atom stereocenters. The Morgan fingerprint density at radius 1 is 0.880 bits per heavy atom. The van der Waals surface area contributed by atoms with E-state index in [9.17, 15) is 5.11 Å². The van der Waals surface area contributed by atoms with E-state index in [4.69, 9.17) is 4.74 Å². The standard InChI is InChI=1S/C21H20N2O2/c1-2-25-20-15-9-10-17(21(20)24)16-22-23(18-11-5-3-6-12-18)19-13-7-4-8-14-19/h3-16,24H,2H2,1H3. The lowest BCUT2D eigenvalue weighted by atomic mass is 10.2. The van der Waals surface area contributed by atoms with Crippen LogP contribution in [0.5, 0.6) is 11.5 Å². The quantitative estimate of drug-likeness (QED) is 0.512. The van der Waals surface area contributed by atoms with Crippen LogP contribution >= 0.6 is 0 Å². The summed E-state index contributed by atoms with van der Waals surface area (Å²) in [6.07, 6.45) is 1.64. The molecular weight excluding hydrogens is 312 g/mol. The zero-order valence-corrected chi connectivity index (χ0v) is 14.0. The van der Waals surface area contributed by atoms with Crippen molar-refractivity contribution in [3.63, 3.8) is 0 Å². The Kier molecular flexibility index (Phi) is 5.32. The van der Waals surface area contributed by atoms with Crippen molar-refractivity contribution in [3.8, 4) is 11.5 Å².